The van der Waals surface area contributed by atoms with Gasteiger partial charge in [0.1, 0.15) is 16.4 Å². The summed E-state index contributed by atoms with van der Waals surface area (Å²) >= 11 is 0. The van der Waals surface area contributed by atoms with Gasteiger partial charge in [-0.15, -0.1) is 5.10 Å². The molecule has 0 aliphatic rings. The van der Waals surface area contributed by atoms with Crippen LogP contribution in [-0.2, 0) is 0 Å². The van der Waals surface area contributed by atoms with Crippen molar-refractivity contribution in [1.82, 2.24) is 24.5 Å². The molecule has 3 aromatic rings. The molecule has 0 amide bonds. The molecule has 26 heavy (non-hydrogen) atoms. The summed E-state index contributed by atoms with van der Waals surface area (Å²) in [7, 11) is 0. The molecule has 0 atom stereocenters. The third-order valence-electron chi connectivity index (χ3n) is 3.96. The van der Waals surface area contributed by atoms with Gasteiger partial charge < -0.3 is 9.32 Å². The average molecular weight is 357 g/mol. The van der Waals surface area contributed by atoms with E-state index in [-0.39, 0.29) is 11.6 Å². The highest BCUT2D eigenvalue weighted by molar-refractivity contribution is 5.69. The number of aromatic nitrogens is 4. The average Bonchev–Trinajstić information content (AvgIpc) is 3.24. The summed E-state index contributed by atoms with van der Waals surface area (Å²) in [6.07, 6.45) is 1.70. The Bertz CT molecular complexity index is 985. The van der Waals surface area contributed by atoms with E-state index in [9.17, 15) is 10.1 Å². The van der Waals surface area contributed by atoms with Crippen LogP contribution < -0.4 is 0 Å². The molecule has 0 unspecified atom stereocenters. The Morgan fingerprint density at radius 3 is 2.65 bits per heavy atom. The van der Waals surface area contributed by atoms with E-state index in [4.69, 9.17) is 4.42 Å². The predicted octanol–water partition coefficient (Wildman–Crippen LogP) is 2.91. The van der Waals surface area contributed by atoms with E-state index in [1.165, 1.54) is 12.1 Å². The summed E-state index contributed by atoms with van der Waals surface area (Å²) in [5.41, 5.74) is 1.74. The lowest BCUT2D eigenvalue weighted by Gasteiger charge is -2.13. The topological polar surface area (TPSA) is 115 Å². The Labute approximate surface area is 149 Å². The van der Waals surface area contributed by atoms with Gasteiger partial charge >= 0.3 is 5.88 Å². The number of hydrogen-bond acceptors (Lipinski definition) is 7. The van der Waals surface area contributed by atoms with Crippen LogP contribution in [0, 0.1) is 24.0 Å². The molecule has 0 aliphatic carbocycles. The molecule has 0 fully saturated rings. The minimum atomic E-state index is -0.585. The summed E-state index contributed by atoms with van der Waals surface area (Å²) in [5.74, 6) is 0.854. The van der Waals surface area contributed by atoms with E-state index >= 15 is 0 Å². The normalized spacial score (nSPS) is 11.5. The van der Waals surface area contributed by atoms with Gasteiger partial charge in [0, 0.05) is 18.7 Å². The Kier molecular flexibility index (Phi) is 4.65. The summed E-state index contributed by atoms with van der Waals surface area (Å²) < 4.78 is 6.87. The van der Waals surface area contributed by atoms with Crippen LogP contribution in [0.2, 0.25) is 0 Å². The second kappa shape index (κ2) is 6.90. The molecular weight excluding hydrogens is 338 g/mol. The molecule has 0 saturated heterocycles. The number of aliphatic imine (C=N–C) groups is 1. The highest BCUT2D eigenvalue weighted by atomic mass is 16.6. The van der Waals surface area contributed by atoms with Crippen LogP contribution in [0.15, 0.2) is 21.5 Å². The molecule has 3 rings (SSSR count). The van der Waals surface area contributed by atoms with Crippen molar-refractivity contribution in [3.63, 3.8) is 0 Å². The molecule has 3 heterocycles. The maximum Gasteiger partial charge on any atom is 0.433 e. The van der Waals surface area contributed by atoms with Gasteiger partial charge in [0.05, 0.1) is 12.4 Å². The maximum atomic E-state index is 10.9. The van der Waals surface area contributed by atoms with Crippen molar-refractivity contribution in [2.75, 3.05) is 13.1 Å². The van der Waals surface area contributed by atoms with Crippen LogP contribution in [0.5, 0.6) is 0 Å². The zero-order chi connectivity index (χ0) is 18.8. The number of rotatable bonds is 6. The number of fused-ring (bicyclic) bond motifs is 1. The van der Waals surface area contributed by atoms with Crippen molar-refractivity contribution in [2.45, 2.75) is 27.7 Å². The summed E-state index contributed by atoms with van der Waals surface area (Å²) in [4.78, 5) is 25.7. The molecule has 0 radical (unpaired) electrons. The molecule has 0 bridgehead atoms. The second-order valence-corrected chi connectivity index (χ2v) is 5.64. The monoisotopic (exact) mass is 357 g/mol. The fraction of sp³-hybridized carbons (Fsp3) is 0.375. The van der Waals surface area contributed by atoms with Crippen LogP contribution in [0.1, 0.15) is 25.2 Å². The Morgan fingerprint density at radius 1 is 1.31 bits per heavy atom. The summed E-state index contributed by atoms with van der Waals surface area (Å²) in [5, 5.41) is 15.2. The fourth-order valence-electron chi connectivity index (χ4n) is 2.53. The highest BCUT2D eigenvalue weighted by Gasteiger charge is 2.20. The van der Waals surface area contributed by atoms with Crippen LogP contribution in [0.4, 0.5) is 11.8 Å². The van der Waals surface area contributed by atoms with Gasteiger partial charge in [-0.2, -0.15) is 4.52 Å². The molecule has 136 valence electrons. The van der Waals surface area contributed by atoms with E-state index in [1.807, 2.05) is 25.7 Å². The predicted molar refractivity (Wildman–Crippen MR) is 95.7 cm³/mol. The molecule has 3 aromatic heterocycles. The van der Waals surface area contributed by atoms with Crippen molar-refractivity contribution in [3.8, 4) is 11.5 Å². The zero-order valence-corrected chi connectivity index (χ0v) is 15.0. The minimum Gasteiger partial charge on any atom is -0.399 e. The first kappa shape index (κ1) is 17.5. The largest absolute Gasteiger partial charge is 0.433 e. The lowest BCUT2D eigenvalue weighted by Crippen LogP contribution is -2.20. The smallest absolute Gasteiger partial charge is 0.399 e. The second-order valence-electron chi connectivity index (χ2n) is 5.64. The van der Waals surface area contributed by atoms with E-state index in [1.54, 1.807) is 17.8 Å². The molecule has 0 aliphatic heterocycles. The van der Waals surface area contributed by atoms with Crippen LogP contribution in [0.25, 0.3) is 17.1 Å². The Balaban J connectivity index is 2.17. The Hall–Kier alpha value is -3.30. The number of furan rings is 1. The van der Waals surface area contributed by atoms with Crippen molar-refractivity contribution in [1.29, 1.82) is 0 Å². The quantitative estimate of drug-likeness (QED) is 0.288. The number of aryl methyl sites for hydroxylation is 2. The molecule has 10 nitrogen and oxygen atoms in total. The fourth-order valence-corrected chi connectivity index (χ4v) is 2.53. The first-order chi connectivity index (χ1) is 12.4. The number of nitrogens with zero attached hydrogens (tertiary/aromatic N) is 7. The summed E-state index contributed by atoms with van der Waals surface area (Å²) in [6, 6.07) is 2.82. The molecule has 0 N–H and O–H groups in total. The van der Waals surface area contributed by atoms with E-state index in [0.29, 0.717) is 28.7 Å². The highest BCUT2D eigenvalue weighted by Crippen LogP contribution is 2.30. The molecule has 0 saturated carbocycles. The van der Waals surface area contributed by atoms with Crippen LogP contribution in [-0.4, -0.2) is 48.8 Å². The Morgan fingerprint density at radius 2 is 2.04 bits per heavy atom. The van der Waals surface area contributed by atoms with Crippen LogP contribution in [0.3, 0.4) is 0 Å². The SMILES string of the molecule is CCN(C=Nc1nc(-c2ccc([N+](=O)[O-])o2)c(C)c2nc(C)nn12)CC. The third-order valence-corrected chi connectivity index (χ3v) is 3.96. The van der Waals surface area contributed by atoms with Gasteiger partial charge in [-0.25, -0.2) is 15.0 Å². The van der Waals surface area contributed by atoms with Crippen molar-refractivity contribution < 1.29 is 9.34 Å². The van der Waals surface area contributed by atoms with Crippen molar-refractivity contribution >= 4 is 23.8 Å². The van der Waals surface area contributed by atoms with Gasteiger partial charge in [0.2, 0.25) is 0 Å². The zero-order valence-electron chi connectivity index (χ0n) is 15.0. The molecule has 10 heteroatoms. The molecule has 0 aromatic carbocycles. The number of hydrogen-bond donors (Lipinski definition) is 0. The lowest BCUT2D eigenvalue weighted by atomic mass is 10.2. The number of nitro groups is 1. The van der Waals surface area contributed by atoms with Crippen molar-refractivity contribution in [3.05, 3.63) is 33.6 Å². The molecule has 0 spiro atoms. The van der Waals surface area contributed by atoms with E-state index in [2.05, 4.69) is 20.1 Å². The standard InChI is InChI=1S/C16H19N7O3/c1-5-21(6-2)9-17-16-19-14(12-7-8-13(26-12)23(24)25)10(3)15-18-11(4)20-22(15)16/h7-9H,5-6H2,1-4H3. The van der Waals surface area contributed by atoms with Gasteiger partial charge in [-0.3, -0.25) is 10.1 Å². The lowest BCUT2D eigenvalue weighted by molar-refractivity contribution is -0.401. The first-order valence-electron chi connectivity index (χ1n) is 8.21. The van der Waals surface area contributed by atoms with Gasteiger partial charge in [0.25, 0.3) is 5.95 Å². The van der Waals surface area contributed by atoms with Gasteiger partial charge in [0.15, 0.2) is 11.4 Å². The van der Waals surface area contributed by atoms with E-state index in [0.717, 1.165) is 13.1 Å². The minimum absolute atomic E-state index is 0.289. The first-order valence-corrected chi connectivity index (χ1v) is 8.21. The summed E-state index contributed by atoms with van der Waals surface area (Å²) in [6.45, 7) is 9.27. The third kappa shape index (κ3) is 3.13. The van der Waals surface area contributed by atoms with Gasteiger partial charge in [-0.1, -0.05) is 0 Å². The van der Waals surface area contributed by atoms with Gasteiger partial charge in [-0.05, 0) is 33.8 Å². The molecular formula is C16H19N7O3. The maximum absolute atomic E-state index is 10.9. The van der Waals surface area contributed by atoms with Crippen molar-refractivity contribution in [2.24, 2.45) is 4.99 Å². The van der Waals surface area contributed by atoms with E-state index < -0.39 is 4.92 Å². The van der Waals surface area contributed by atoms with Crippen LogP contribution >= 0.6 is 0 Å².